The van der Waals surface area contributed by atoms with E-state index in [9.17, 15) is 4.79 Å². The van der Waals surface area contributed by atoms with Gasteiger partial charge in [-0.1, -0.05) is 0 Å². The van der Waals surface area contributed by atoms with Crippen molar-refractivity contribution < 1.29 is 9.53 Å². The van der Waals surface area contributed by atoms with Crippen LogP contribution in [0.3, 0.4) is 0 Å². The summed E-state index contributed by atoms with van der Waals surface area (Å²) < 4.78 is 7.40. The Morgan fingerprint density at radius 2 is 1.91 bits per heavy atom. The molecule has 0 bridgehead atoms. The minimum atomic E-state index is 0.0900. The largest absolute Gasteiger partial charge is 0.376 e. The lowest BCUT2D eigenvalue weighted by Gasteiger charge is -2.36. The summed E-state index contributed by atoms with van der Waals surface area (Å²) >= 11 is 0. The topological polar surface area (TPSA) is 50.6 Å². The molecule has 0 saturated carbocycles. The average Bonchev–Trinajstić information content (AvgIpc) is 3.23. The number of hydrogen-bond donors (Lipinski definition) is 0. The monoisotopic (exact) mass is 318 g/mol. The summed E-state index contributed by atoms with van der Waals surface area (Å²) in [7, 11) is 1.93. The molecule has 23 heavy (non-hydrogen) atoms. The number of hydrogen-bond acceptors (Lipinski definition) is 4. The Bertz CT molecular complexity index is 584. The van der Waals surface area contributed by atoms with Crippen LogP contribution >= 0.6 is 0 Å². The Kier molecular flexibility index (Phi) is 4.11. The normalized spacial score (nSPS) is 23.3. The second-order valence-electron chi connectivity index (χ2n) is 6.97. The lowest BCUT2D eigenvalue weighted by Crippen LogP contribution is -2.46. The van der Waals surface area contributed by atoms with Crippen molar-refractivity contribution in [2.24, 2.45) is 7.05 Å². The molecule has 6 nitrogen and oxygen atoms in total. The minimum Gasteiger partial charge on any atom is -0.376 e. The lowest BCUT2D eigenvalue weighted by molar-refractivity contribution is 0.0628. The van der Waals surface area contributed by atoms with E-state index in [0.29, 0.717) is 18.3 Å². The van der Waals surface area contributed by atoms with E-state index < -0.39 is 0 Å². The average molecular weight is 318 g/mol. The van der Waals surface area contributed by atoms with Crippen LogP contribution in [0.1, 0.15) is 47.4 Å². The number of nitrogens with zero attached hydrogens (tertiary/aromatic N) is 4. The Balaban J connectivity index is 1.44. The van der Waals surface area contributed by atoms with Gasteiger partial charge in [-0.05, 0) is 38.8 Å². The molecule has 0 aromatic carbocycles. The van der Waals surface area contributed by atoms with E-state index in [0.717, 1.165) is 50.2 Å². The van der Waals surface area contributed by atoms with Crippen LogP contribution in [0.5, 0.6) is 0 Å². The fourth-order valence-corrected chi connectivity index (χ4v) is 4.27. The van der Waals surface area contributed by atoms with E-state index in [-0.39, 0.29) is 5.91 Å². The summed E-state index contributed by atoms with van der Waals surface area (Å²) in [4.78, 5) is 17.5. The summed E-state index contributed by atoms with van der Waals surface area (Å²) in [5, 5.41) is 4.50. The van der Waals surface area contributed by atoms with Crippen LogP contribution in [0, 0.1) is 0 Å². The highest BCUT2D eigenvalue weighted by atomic mass is 16.5. The van der Waals surface area contributed by atoms with Crippen molar-refractivity contribution in [3.8, 4) is 0 Å². The fraction of sp³-hybridized carbons (Fsp3) is 0.765. The fourth-order valence-electron chi connectivity index (χ4n) is 4.27. The zero-order valence-electron chi connectivity index (χ0n) is 14.0. The van der Waals surface area contributed by atoms with Gasteiger partial charge in [0.15, 0.2) is 5.69 Å². The Morgan fingerprint density at radius 1 is 1.17 bits per heavy atom. The molecule has 3 aliphatic rings. The predicted octanol–water partition coefficient (Wildman–Crippen LogP) is 1.19. The number of carbonyl (C=O) groups is 1. The molecule has 4 heterocycles. The molecule has 0 aliphatic carbocycles. The van der Waals surface area contributed by atoms with Crippen LogP contribution in [0.4, 0.5) is 0 Å². The number of rotatable bonds is 2. The van der Waals surface area contributed by atoms with Gasteiger partial charge in [0.2, 0.25) is 0 Å². The molecule has 0 atom stereocenters. The van der Waals surface area contributed by atoms with Gasteiger partial charge < -0.3 is 14.5 Å². The molecule has 126 valence electrons. The van der Waals surface area contributed by atoms with Crippen molar-refractivity contribution in [2.75, 3.05) is 32.8 Å². The van der Waals surface area contributed by atoms with Crippen molar-refractivity contribution in [1.29, 1.82) is 0 Å². The van der Waals surface area contributed by atoms with Gasteiger partial charge in [0.05, 0.1) is 13.2 Å². The molecule has 0 unspecified atom stereocenters. The van der Waals surface area contributed by atoms with Crippen molar-refractivity contribution in [2.45, 2.75) is 44.8 Å². The highest BCUT2D eigenvalue weighted by Gasteiger charge is 2.32. The van der Waals surface area contributed by atoms with Gasteiger partial charge in [-0.25, -0.2) is 0 Å². The summed E-state index contributed by atoms with van der Waals surface area (Å²) in [6.45, 7) is 5.43. The quantitative estimate of drug-likeness (QED) is 0.822. The first-order valence-electron chi connectivity index (χ1n) is 8.90. The first-order valence-corrected chi connectivity index (χ1v) is 8.90. The maximum absolute atomic E-state index is 12.9. The zero-order valence-corrected chi connectivity index (χ0v) is 14.0. The maximum atomic E-state index is 12.9. The van der Waals surface area contributed by atoms with Crippen LogP contribution in [0.25, 0.3) is 0 Å². The van der Waals surface area contributed by atoms with E-state index in [1.165, 1.54) is 25.9 Å². The first-order chi connectivity index (χ1) is 11.2. The third kappa shape index (κ3) is 2.78. The van der Waals surface area contributed by atoms with Crippen molar-refractivity contribution >= 4 is 5.91 Å². The Morgan fingerprint density at radius 3 is 2.65 bits per heavy atom. The second-order valence-corrected chi connectivity index (χ2v) is 6.97. The third-order valence-electron chi connectivity index (χ3n) is 5.62. The predicted molar refractivity (Wildman–Crippen MR) is 86.3 cm³/mol. The number of piperidine rings is 1. The van der Waals surface area contributed by atoms with E-state index in [2.05, 4.69) is 10.00 Å². The zero-order chi connectivity index (χ0) is 15.8. The highest BCUT2D eigenvalue weighted by Crippen LogP contribution is 2.25. The molecule has 3 aliphatic heterocycles. The minimum absolute atomic E-state index is 0.0900. The number of aromatic nitrogens is 2. The molecule has 1 amide bonds. The molecule has 4 rings (SSSR count). The van der Waals surface area contributed by atoms with Crippen molar-refractivity contribution in [3.63, 3.8) is 0 Å². The maximum Gasteiger partial charge on any atom is 0.274 e. The first kappa shape index (κ1) is 15.1. The van der Waals surface area contributed by atoms with Gasteiger partial charge in [-0.3, -0.25) is 9.48 Å². The third-order valence-corrected chi connectivity index (χ3v) is 5.62. The molecule has 2 saturated heterocycles. The van der Waals surface area contributed by atoms with Gasteiger partial charge >= 0.3 is 0 Å². The SMILES string of the molecule is Cn1nc(C(=O)N2CCC(N3CCCC3)CC2)c2c1CCOC2. The standard InChI is InChI=1S/C17H26N4O2/c1-19-15-6-11-23-12-14(15)16(18-19)17(22)21-9-4-13(5-10-21)20-7-2-3-8-20/h13H,2-12H2,1H3. The second kappa shape index (κ2) is 6.24. The van der Waals surface area contributed by atoms with Crippen LogP contribution in [0.2, 0.25) is 0 Å². The number of amides is 1. The van der Waals surface area contributed by atoms with Crippen LogP contribution < -0.4 is 0 Å². The molecular weight excluding hydrogens is 292 g/mol. The molecular formula is C17H26N4O2. The molecule has 1 aromatic rings. The van der Waals surface area contributed by atoms with Gasteiger partial charge in [-0.15, -0.1) is 0 Å². The van der Waals surface area contributed by atoms with Gasteiger partial charge in [-0.2, -0.15) is 5.10 Å². The van der Waals surface area contributed by atoms with Gasteiger partial charge in [0.1, 0.15) is 0 Å². The van der Waals surface area contributed by atoms with Crippen LogP contribution in [0.15, 0.2) is 0 Å². The van der Waals surface area contributed by atoms with Crippen molar-refractivity contribution in [3.05, 3.63) is 17.0 Å². The van der Waals surface area contributed by atoms with E-state index in [1.807, 2.05) is 16.6 Å². The van der Waals surface area contributed by atoms with E-state index in [4.69, 9.17) is 4.74 Å². The van der Waals surface area contributed by atoms with E-state index in [1.54, 1.807) is 0 Å². The molecule has 1 aromatic heterocycles. The van der Waals surface area contributed by atoms with Crippen LogP contribution in [-0.4, -0.2) is 64.3 Å². The molecule has 0 spiro atoms. The molecule has 6 heteroatoms. The number of fused-ring (bicyclic) bond motifs is 1. The van der Waals surface area contributed by atoms with Gasteiger partial charge in [0, 0.05) is 43.9 Å². The lowest BCUT2D eigenvalue weighted by atomic mass is 10.0. The molecule has 0 radical (unpaired) electrons. The smallest absolute Gasteiger partial charge is 0.274 e. The number of likely N-dealkylation sites (tertiary alicyclic amines) is 2. The van der Waals surface area contributed by atoms with Crippen molar-refractivity contribution in [1.82, 2.24) is 19.6 Å². The molecule has 0 N–H and O–H groups in total. The molecule has 2 fully saturated rings. The Labute approximate surface area is 137 Å². The summed E-state index contributed by atoms with van der Waals surface area (Å²) in [6.07, 6.45) is 5.70. The highest BCUT2D eigenvalue weighted by molar-refractivity contribution is 5.94. The number of aryl methyl sites for hydroxylation is 1. The summed E-state index contributed by atoms with van der Waals surface area (Å²) in [5.41, 5.74) is 2.78. The Hall–Kier alpha value is -1.40. The number of carbonyl (C=O) groups excluding carboxylic acids is 1. The summed E-state index contributed by atoms with van der Waals surface area (Å²) in [5.74, 6) is 0.0900. The van der Waals surface area contributed by atoms with Crippen LogP contribution in [-0.2, 0) is 24.8 Å². The van der Waals surface area contributed by atoms with Gasteiger partial charge in [0.25, 0.3) is 5.91 Å². The number of ether oxygens (including phenoxy) is 1. The summed E-state index contributed by atoms with van der Waals surface area (Å²) in [6, 6.07) is 0.669. The van der Waals surface area contributed by atoms with E-state index >= 15 is 0 Å².